The summed E-state index contributed by atoms with van der Waals surface area (Å²) < 4.78 is 46.0. The Morgan fingerprint density at radius 2 is 1.73 bits per heavy atom. The molecule has 1 saturated carbocycles. The molecule has 1 aromatic carbocycles. The van der Waals surface area contributed by atoms with Gasteiger partial charge in [0.1, 0.15) is 17.5 Å². The normalized spacial score (nSPS) is 20.1. The van der Waals surface area contributed by atoms with Crippen LogP contribution in [0.2, 0.25) is 0 Å². The van der Waals surface area contributed by atoms with Crippen LogP contribution < -0.4 is 20.3 Å². The van der Waals surface area contributed by atoms with Gasteiger partial charge in [-0.3, -0.25) is 10.1 Å². The quantitative estimate of drug-likeness (QED) is 0.355. The fourth-order valence-corrected chi connectivity index (χ4v) is 4.93. The van der Waals surface area contributed by atoms with Gasteiger partial charge in [0.15, 0.2) is 0 Å². The number of carbonyl (C=O) groups excluding carboxylic acids is 1. The summed E-state index contributed by atoms with van der Waals surface area (Å²) in [6, 6.07) is 8.45. The van der Waals surface area contributed by atoms with Gasteiger partial charge in [0, 0.05) is 55.6 Å². The molecule has 0 radical (unpaired) electrons. The van der Waals surface area contributed by atoms with Gasteiger partial charge < -0.3 is 25.2 Å². The van der Waals surface area contributed by atoms with Crippen molar-refractivity contribution in [2.24, 2.45) is 0 Å². The van der Waals surface area contributed by atoms with Crippen molar-refractivity contribution in [3.05, 3.63) is 52.1 Å². The number of urea groups is 1. The molecule has 1 aromatic heterocycles. The summed E-state index contributed by atoms with van der Waals surface area (Å²) in [6.07, 6.45) is -2.19. The van der Waals surface area contributed by atoms with Gasteiger partial charge in [-0.2, -0.15) is 18.2 Å². The maximum absolute atomic E-state index is 13.3. The third kappa shape index (κ3) is 7.66. The SMILES string of the molecule is CC(C)(C)NC(=O)N1CCN(c2cccc(O[C@H]3CC[C@H](Nc4ccc([N+](=O)[O-])c(C(F)(F)F)c4)CC3)n2)CC1. The number of alkyl halides is 3. The molecule has 0 spiro atoms. The number of benzene rings is 1. The second-order valence-electron chi connectivity index (χ2n) is 11.2. The summed E-state index contributed by atoms with van der Waals surface area (Å²) in [5.74, 6) is 1.29. The molecule has 0 bridgehead atoms. The summed E-state index contributed by atoms with van der Waals surface area (Å²) in [5.41, 5.74) is -2.32. The van der Waals surface area contributed by atoms with Crippen molar-refractivity contribution in [3.63, 3.8) is 0 Å². The maximum Gasteiger partial charge on any atom is 0.423 e. The molecule has 10 nitrogen and oxygen atoms in total. The number of carbonyl (C=O) groups is 1. The number of ether oxygens (including phenoxy) is 1. The summed E-state index contributed by atoms with van der Waals surface area (Å²) >= 11 is 0. The molecule has 0 atom stereocenters. The van der Waals surface area contributed by atoms with Crippen LogP contribution in [0.25, 0.3) is 0 Å². The van der Waals surface area contributed by atoms with E-state index in [0.29, 0.717) is 57.7 Å². The fraction of sp³-hybridized carbons (Fsp3) is 0.556. The molecular weight excluding hydrogens is 529 g/mol. The Balaban J connectivity index is 1.28. The van der Waals surface area contributed by atoms with Crippen molar-refractivity contribution in [1.82, 2.24) is 15.2 Å². The third-order valence-electron chi connectivity index (χ3n) is 6.91. The number of pyridine rings is 1. The Bertz CT molecular complexity index is 1200. The number of nitro groups is 1. The average Bonchev–Trinajstić information content (AvgIpc) is 2.88. The van der Waals surface area contributed by atoms with Gasteiger partial charge in [0.25, 0.3) is 5.69 Å². The molecule has 13 heteroatoms. The minimum atomic E-state index is -4.82. The number of rotatable bonds is 6. The molecule has 0 unspecified atom stereocenters. The number of hydrogen-bond acceptors (Lipinski definition) is 7. The van der Waals surface area contributed by atoms with E-state index in [0.717, 1.165) is 18.0 Å². The van der Waals surface area contributed by atoms with E-state index in [1.807, 2.05) is 32.9 Å². The van der Waals surface area contributed by atoms with Crippen LogP contribution in [-0.4, -0.2) is 64.7 Å². The lowest BCUT2D eigenvalue weighted by Gasteiger charge is -2.37. The number of hydrogen-bond donors (Lipinski definition) is 2. The molecule has 2 aliphatic rings. The number of halogens is 3. The molecule has 40 heavy (non-hydrogen) atoms. The van der Waals surface area contributed by atoms with Gasteiger partial charge >= 0.3 is 12.2 Å². The number of amides is 2. The molecule has 2 amide bonds. The van der Waals surface area contributed by atoms with Crippen LogP contribution in [0.4, 0.5) is 35.2 Å². The van der Waals surface area contributed by atoms with E-state index in [4.69, 9.17) is 4.74 Å². The zero-order valence-electron chi connectivity index (χ0n) is 22.8. The van der Waals surface area contributed by atoms with Gasteiger partial charge in [-0.05, 0) is 64.7 Å². The van der Waals surface area contributed by atoms with Crippen molar-refractivity contribution in [2.45, 2.75) is 70.3 Å². The second kappa shape index (κ2) is 11.8. The van der Waals surface area contributed by atoms with Gasteiger partial charge in [0.2, 0.25) is 5.88 Å². The van der Waals surface area contributed by atoms with Crippen molar-refractivity contribution in [3.8, 4) is 5.88 Å². The smallest absolute Gasteiger partial charge is 0.423 e. The predicted molar refractivity (Wildman–Crippen MR) is 145 cm³/mol. The van der Waals surface area contributed by atoms with Crippen LogP contribution in [0.5, 0.6) is 5.88 Å². The molecular formula is C27H35F3N6O4. The number of nitrogens with one attached hydrogen (secondary N) is 2. The second-order valence-corrected chi connectivity index (χ2v) is 11.2. The van der Waals surface area contributed by atoms with Crippen molar-refractivity contribution < 1.29 is 27.6 Å². The Kier molecular flexibility index (Phi) is 8.59. The Hall–Kier alpha value is -3.77. The summed E-state index contributed by atoms with van der Waals surface area (Å²) in [4.78, 5) is 31.0. The molecule has 2 N–H and O–H groups in total. The topological polar surface area (TPSA) is 113 Å². The molecule has 2 fully saturated rings. The Labute approximate surface area is 231 Å². The third-order valence-corrected chi connectivity index (χ3v) is 6.91. The Morgan fingerprint density at radius 3 is 2.33 bits per heavy atom. The van der Waals surface area contributed by atoms with Crippen LogP contribution in [0, 0.1) is 10.1 Å². The predicted octanol–water partition coefficient (Wildman–Crippen LogP) is 5.44. The summed E-state index contributed by atoms with van der Waals surface area (Å²) in [6.45, 7) is 8.34. The standard InChI is InChI=1S/C27H35F3N6O4/c1-26(2,3)33-25(37)35-15-13-34(14-16-35)23-5-4-6-24(32-23)40-20-10-7-18(8-11-20)31-19-9-12-22(36(38)39)21(17-19)27(28,29)30/h4-6,9,12,17-18,20,31H,7-8,10-11,13-16H2,1-3H3,(H,33,37)/t18-,20-. The largest absolute Gasteiger partial charge is 0.474 e. The average molecular weight is 565 g/mol. The van der Waals surface area contributed by atoms with Crippen LogP contribution in [0.3, 0.4) is 0 Å². The summed E-state index contributed by atoms with van der Waals surface area (Å²) in [7, 11) is 0. The van der Waals surface area contributed by atoms with Gasteiger partial charge in [0.05, 0.1) is 4.92 Å². The number of nitro benzene ring substituents is 1. The van der Waals surface area contributed by atoms with E-state index in [2.05, 4.69) is 20.5 Å². The summed E-state index contributed by atoms with van der Waals surface area (Å²) in [5, 5.41) is 17.1. The van der Waals surface area contributed by atoms with E-state index in [-0.39, 0.29) is 29.4 Å². The minimum absolute atomic E-state index is 0.0725. The maximum atomic E-state index is 13.3. The molecule has 218 valence electrons. The van der Waals surface area contributed by atoms with Crippen molar-refractivity contribution in [2.75, 3.05) is 36.4 Å². The highest BCUT2D eigenvalue weighted by Gasteiger charge is 2.38. The van der Waals surface area contributed by atoms with E-state index >= 15 is 0 Å². The number of piperazine rings is 1. The van der Waals surface area contributed by atoms with E-state index in [9.17, 15) is 28.1 Å². The van der Waals surface area contributed by atoms with Crippen molar-refractivity contribution >= 4 is 23.2 Å². The van der Waals surface area contributed by atoms with Gasteiger partial charge in [-0.25, -0.2) is 4.79 Å². The number of aromatic nitrogens is 1. The lowest BCUT2D eigenvalue weighted by Crippen LogP contribution is -2.55. The number of anilines is 2. The first-order chi connectivity index (χ1) is 18.8. The highest BCUT2D eigenvalue weighted by Crippen LogP contribution is 2.38. The first kappa shape index (κ1) is 29.2. The highest BCUT2D eigenvalue weighted by molar-refractivity contribution is 5.75. The zero-order valence-corrected chi connectivity index (χ0v) is 22.8. The molecule has 2 heterocycles. The monoisotopic (exact) mass is 564 g/mol. The molecule has 1 saturated heterocycles. The van der Waals surface area contributed by atoms with E-state index < -0.39 is 22.4 Å². The number of nitrogens with zero attached hydrogens (tertiary/aromatic N) is 4. The first-order valence-corrected chi connectivity index (χ1v) is 13.4. The molecule has 2 aromatic rings. The van der Waals surface area contributed by atoms with Crippen LogP contribution >= 0.6 is 0 Å². The zero-order chi connectivity index (χ0) is 29.1. The van der Waals surface area contributed by atoms with Crippen LogP contribution in [0.1, 0.15) is 52.0 Å². The lowest BCUT2D eigenvalue weighted by molar-refractivity contribution is -0.388. The molecule has 1 aliphatic heterocycles. The van der Waals surface area contributed by atoms with E-state index in [1.165, 1.54) is 6.07 Å². The first-order valence-electron chi connectivity index (χ1n) is 13.4. The fourth-order valence-electron chi connectivity index (χ4n) is 4.93. The Morgan fingerprint density at radius 1 is 1.05 bits per heavy atom. The van der Waals surface area contributed by atoms with Crippen LogP contribution in [-0.2, 0) is 6.18 Å². The lowest BCUT2D eigenvalue weighted by atomic mass is 9.92. The molecule has 1 aliphatic carbocycles. The van der Waals surface area contributed by atoms with Crippen LogP contribution in [0.15, 0.2) is 36.4 Å². The molecule has 4 rings (SSSR count). The van der Waals surface area contributed by atoms with Gasteiger partial charge in [-0.15, -0.1) is 0 Å². The highest BCUT2D eigenvalue weighted by atomic mass is 19.4. The van der Waals surface area contributed by atoms with Crippen molar-refractivity contribution in [1.29, 1.82) is 0 Å². The van der Waals surface area contributed by atoms with Gasteiger partial charge in [-0.1, -0.05) is 6.07 Å². The van der Waals surface area contributed by atoms with E-state index in [1.54, 1.807) is 11.0 Å². The minimum Gasteiger partial charge on any atom is -0.474 e.